The Labute approximate surface area is 234 Å². The number of carbonyl (C=O) groups excluding carboxylic acids is 2. The number of sulfonamides is 1. The van der Waals surface area contributed by atoms with Crippen LogP contribution in [-0.4, -0.2) is 44.8 Å². The number of likely N-dealkylation sites (N-methyl/N-ethyl adjacent to an activating group) is 1. The number of nitrogens with zero attached hydrogens (tertiary/aromatic N) is 2. The molecule has 10 heteroatoms. The highest BCUT2D eigenvalue weighted by molar-refractivity contribution is 7.92. The average Bonchev–Trinajstić information content (AvgIpc) is 2.90. The molecule has 3 aromatic carbocycles. The minimum atomic E-state index is -4.17. The average molecular weight is 577 g/mol. The van der Waals surface area contributed by atoms with Crippen LogP contribution in [0.15, 0.2) is 71.6 Å². The standard InChI is InChI=1S/C28H31Cl2N3O4S/c1-5-25(28(35)31-4)32(17-21-11-13-22(29)14-12-21)27(34)18-33(26-8-6-7-24(30)20(26)3)38(36,37)23-15-9-19(2)10-16-23/h6-16,25H,5,17-18H2,1-4H3,(H,31,35). The van der Waals surface area contributed by atoms with E-state index in [9.17, 15) is 18.0 Å². The van der Waals surface area contributed by atoms with Crippen molar-refractivity contribution in [3.8, 4) is 0 Å². The Hall–Kier alpha value is -3.07. The Kier molecular flexibility index (Phi) is 9.82. The van der Waals surface area contributed by atoms with Crippen LogP contribution in [0.1, 0.15) is 30.0 Å². The summed E-state index contributed by atoms with van der Waals surface area (Å²) >= 11 is 12.4. The third kappa shape index (κ3) is 6.67. The van der Waals surface area contributed by atoms with Crippen LogP contribution in [0.2, 0.25) is 10.0 Å². The quantitative estimate of drug-likeness (QED) is 0.352. The summed E-state index contributed by atoms with van der Waals surface area (Å²) in [6, 6.07) is 17.4. The Morgan fingerprint density at radius 2 is 1.58 bits per heavy atom. The molecule has 2 amide bonds. The monoisotopic (exact) mass is 575 g/mol. The van der Waals surface area contributed by atoms with E-state index in [4.69, 9.17) is 23.2 Å². The highest BCUT2D eigenvalue weighted by atomic mass is 35.5. The number of halogens is 2. The van der Waals surface area contributed by atoms with Crippen LogP contribution in [0.5, 0.6) is 0 Å². The van der Waals surface area contributed by atoms with Gasteiger partial charge in [0.05, 0.1) is 10.6 Å². The van der Waals surface area contributed by atoms with Crippen LogP contribution < -0.4 is 9.62 Å². The Morgan fingerprint density at radius 1 is 0.947 bits per heavy atom. The van der Waals surface area contributed by atoms with Crippen molar-refractivity contribution in [2.24, 2.45) is 0 Å². The van der Waals surface area contributed by atoms with Crippen molar-refractivity contribution in [1.29, 1.82) is 0 Å². The molecule has 0 aliphatic heterocycles. The van der Waals surface area contributed by atoms with E-state index in [1.54, 1.807) is 68.4 Å². The van der Waals surface area contributed by atoms with Crippen LogP contribution >= 0.6 is 23.2 Å². The lowest BCUT2D eigenvalue weighted by atomic mass is 10.1. The number of anilines is 1. The minimum Gasteiger partial charge on any atom is -0.357 e. The van der Waals surface area contributed by atoms with Crippen LogP contribution in [0.3, 0.4) is 0 Å². The van der Waals surface area contributed by atoms with Crippen molar-refractivity contribution in [2.45, 2.75) is 44.7 Å². The summed E-state index contributed by atoms with van der Waals surface area (Å²) in [7, 11) is -2.67. The molecule has 1 N–H and O–H groups in total. The third-order valence-electron chi connectivity index (χ3n) is 6.29. The topological polar surface area (TPSA) is 86.8 Å². The van der Waals surface area contributed by atoms with Crippen LogP contribution in [0.4, 0.5) is 5.69 Å². The minimum absolute atomic E-state index is 0.0397. The lowest BCUT2D eigenvalue weighted by molar-refractivity contribution is -0.140. The van der Waals surface area contributed by atoms with Crippen LogP contribution in [0.25, 0.3) is 0 Å². The van der Waals surface area contributed by atoms with E-state index >= 15 is 0 Å². The maximum absolute atomic E-state index is 13.9. The first-order valence-electron chi connectivity index (χ1n) is 12.1. The van der Waals surface area contributed by atoms with Crippen molar-refractivity contribution in [2.75, 3.05) is 17.9 Å². The first-order valence-corrected chi connectivity index (χ1v) is 14.3. The smallest absolute Gasteiger partial charge is 0.264 e. The van der Waals surface area contributed by atoms with Gasteiger partial charge in [-0.05, 0) is 67.8 Å². The predicted molar refractivity (Wildman–Crippen MR) is 152 cm³/mol. The number of nitrogens with one attached hydrogen (secondary N) is 1. The number of hydrogen-bond donors (Lipinski definition) is 1. The van der Waals surface area contributed by atoms with Gasteiger partial charge in [0.25, 0.3) is 10.0 Å². The van der Waals surface area contributed by atoms with Gasteiger partial charge in [-0.15, -0.1) is 0 Å². The Balaban J connectivity index is 2.10. The van der Waals surface area contributed by atoms with Gasteiger partial charge < -0.3 is 10.2 Å². The van der Waals surface area contributed by atoms with Gasteiger partial charge in [0.2, 0.25) is 11.8 Å². The first-order chi connectivity index (χ1) is 18.0. The molecule has 0 aromatic heterocycles. The van der Waals surface area contributed by atoms with Crippen molar-refractivity contribution < 1.29 is 18.0 Å². The zero-order valence-electron chi connectivity index (χ0n) is 21.7. The largest absolute Gasteiger partial charge is 0.357 e. The van der Waals surface area contributed by atoms with Crippen molar-refractivity contribution >= 4 is 50.7 Å². The predicted octanol–water partition coefficient (Wildman–Crippen LogP) is 5.36. The van der Waals surface area contributed by atoms with Crippen molar-refractivity contribution in [3.63, 3.8) is 0 Å². The summed E-state index contributed by atoms with van der Waals surface area (Å²) < 4.78 is 28.9. The molecule has 1 unspecified atom stereocenters. The number of carbonyl (C=O) groups is 2. The molecule has 0 radical (unpaired) electrons. The van der Waals surface area contributed by atoms with E-state index in [0.29, 0.717) is 22.0 Å². The fourth-order valence-corrected chi connectivity index (χ4v) is 5.86. The zero-order valence-corrected chi connectivity index (χ0v) is 24.1. The summed E-state index contributed by atoms with van der Waals surface area (Å²) in [5, 5.41) is 3.51. The van der Waals surface area contributed by atoms with Gasteiger partial charge in [-0.25, -0.2) is 8.42 Å². The maximum atomic E-state index is 13.9. The molecular formula is C28H31Cl2N3O4S. The number of rotatable bonds is 10. The second-order valence-corrected chi connectivity index (χ2v) is 11.6. The molecule has 0 saturated carbocycles. The summed E-state index contributed by atoms with van der Waals surface area (Å²) in [6.07, 6.45) is 0.333. The second-order valence-electron chi connectivity index (χ2n) is 8.90. The molecule has 38 heavy (non-hydrogen) atoms. The molecule has 0 aliphatic carbocycles. The van der Waals surface area contributed by atoms with Crippen LogP contribution in [-0.2, 0) is 26.2 Å². The van der Waals surface area contributed by atoms with Gasteiger partial charge in [0.1, 0.15) is 12.6 Å². The third-order valence-corrected chi connectivity index (χ3v) is 8.73. The van der Waals surface area contributed by atoms with Crippen LogP contribution in [0, 0.1) is 13.8 Å². The fourth-order valence-electron chi connectivity index (χ4n) is 4.09. The molecule has 202 valence electrons. The fraction of sp³-hybridized carbons (Fsp3) is 0.286. The summed E-state index contributed by atoms with van der Waals surface area (Å²) in [5.41, 5.74) is 2.44. The lowest BCUT2D eigenvalue weighted by Crippen LogP contribution is -2.51. The summed E-state index contributed by atoms with van der Waals surface area (Å²) in [4.78, 5) is 28.1. The SMILES string of the molecule is CCC(C(=O)NC)N(Cc1ccc(Cl)cc1)C(=O)CN(c1cccc(Cl)c1C)S(=O)(=O)c1ccc(C)cc1. The summed E-state index contributed by atoms with van der Waals surface area (Å²) in [5.74, 6) is -0.882. The molecule has 3 aromatic rings. The van der Waals surface area contributed by atoms with Gasteiger partial charge in [0, 0.05) is 23.6 Å². The van der Waals surface area contributed by atoms with E-state index < -0.39 is 28.5 Å². The number of benzene rings is 3. The van der Waals surface area contributed by atoms with Gasteiger partial charge in [-0.2, -0.15) is 0 Å². The zero-order chi connectivity index (χ0) is 28.0. The van der Waals surface area contributed by atoms with Crippen molar-refractivity contribution in [1.82, 2.24) is 10.2 Å². The van der Waals surface area contributed by atoms with Gasteiger partial charge in [0.15, 0.2) is 0 Å². The number of amides is 2. The van der Waals surface area contributed by atoms with E-state index in [0.717, 1.165) is 15.4 Å². The maximum Gasteiger partial charge on any atom is 0.264 e. The molecule has 0 fully saturated rings. The Bertz CT molecular complexity index is 1390. The molecule has 3 rings (SSSR count). The molecule has 0 aliphatic rings. The van der Waals surface area contributed by atoms with Gasteiger partial charge in [-0.1, -0.05) is 66.0 Å². The molecule has 7 nitrogen and oxygen atoms in total. The molecule has 1 atom stereocenters. The lowest BCUT2D eigenvalue weighted by Gasteiger charge is -2.33. The number of hydrogen-bond acceptors (Lipinski definition) is 4. The summed E-state index contributed by atoms with van der Waals surface area (Å²) in [6.45, 7) is 4.92. The highest BCUT2D eigenvalue weighted by Crippen LogP contribution is 2.31. The highest BCUT2D eigenvalue weighted by Gasteiger charge is 2.34. The Morgan fingerprint density at radius 3 is 2.16 bits per heavy atom. The molecular weight excluding hydrogens is 545 g/mol. The second kappa shape index (κ2) is 12.7. The first kappa shape index (κ1) is 29.5. The van der Waals surface area contributed by atoms with E-state index in [2.05, 4.69) is 5.32 Å². The van der Waals surface area contributed by atoms with E-state index in [-0.39, 0.29) is 23.0 Å². The molecule has 0 saturated heterocycles. The molecule has 0 bridgehead atoms. The molecule has 0 spiro atoms. The number of aryl methyl sites for hydroxylation is 1. The van der Waals surface area contributed by atoms with E-state index in [1.807, 2.05) is 6.92 Å². The van der Waals surface area contributed by atoms with Crippen molar-refractivity contribution in [3.05, 3.63) is 93.5 Å². The van der Waals surface area contributed by atoms with Gasteiger partial charge >= 0.3 is 0 Å². The normalized spacial score (nSPS) is 12.1. The molecule has 0 heterocycles. The van der Waals surface area contributed by atoms with Gasteiger partial charge in [-0.3, -0.25) is 13.9 Å². The van der Waals surface area contributed by atoms with E-state index in [1.165, 1.54) is 24.1 Å².